The molecule has 0 aliphatic heterocycles. The number of phenols is 2. The first kappa shape index (κ1) is 16.7. The summed E-state index contributed by atoms with van der Waals surface area (Å²) in [6.07, 6.45) is -4.90. The van der Waals surface area contributed by atoms with Crippen LogP contribution in [0, 0.1) is 0 Å². The second-order valence-corrected chi connectivity index (χ2v) is 4.81. The molecular weight excluding hydrogens is 313 g/mol. The third-order valence-electron chi connectivity index (χ3n) is 3.03. The van der Waals surface area contributed by atoms with Crippen molar-refractivity contribution in [3.63, 3.8) is 0 Å². The third-order valence-corrected chi connectivity index (χ3v) is 3.03. The number of benzene rings is 2. The van der Waals surface area contributed by atoms with E-state index in [9.17, 15) is 28.2 Å². The molecule has 2 rings (SSSR count). The summed E-state index contributed by atoms with van der Waals surface area (Å²) in [5.41, 5.74) is -0.793. The Morgan fingerprint density at radius 2 is 1.65 bits per heavy atom. The molecular formula is C16H13F3O4. The Balaban J connectivity index is 2.03. The van der Waals surface area contributed by atoms with E-state index >= 15 is 0 Å². The van der Waals surface area contributed by atoms with Gasteiger partial charge in [0.25, 0.3) is 0 Å². The summed E-state index contributed by atoms with van der Waals surface area (Å²) in [5.74, 6) is -1.45. The standard InChI is InChI=1S/C16H13F3O4/c17-16(18,19)14-4-2-1-3-10(14)5-6-15(22)23-13-8-11(20)7-12(21)9-13/h1-4,7-9,20-21H,5-6H2. The summed E-state index contributed by atoms with van der Waals surface area (Å²) in [6, 6.07) is 8.27. The minimum absolute atomic E-state index is 0.00398. The molecule has 7 heteroatoms. The number of carbonyl (C=O) groups excluding carboxylic acids is 1. The van der Waals surface area contributed by atoms with Crippen LogP contribution in [0.5, 0.6) is 17.2 Å². The Kier molecular flexibility index (Phi) is 4.78. The Hall–Kier alpha value is -2.70. The number of halogens is 3. The highest BCUT2D eigenvalue weighted by Gasteiger charge is 2.32. The van der Waals surface area contributed by atoms with Gasteiger partial charge in [0.1, 0.15) is 17.2 Å². The fourth-order valence-electron chi connectivity index (χ4n) is 2.06. The van der Waals surface area contributed by atoms with Crippen LogP contribution in [0.25, 0.3) is 0 Å². The zero-order valence-electron chi connectivity index (χ0n) is 11.8. The first-order valence-corrected chi connectivity index (χ1v) is 6.64. The van der Waals surface area contributed by atoms with Crippen molar-refractivity contribution in [1.82, 2.24) is 0 Å². The van der Waals surface area contributed by atoms with Crippen molar-refractivity contribution in [1.29, 1.82) is 0 Å². The number of aromatic hydroxyl groups is 2. The number of ether oxygens (including phenoxy) is 1. The van der Waals surface area contributed by atoms with E-state index in [1.807, 2.05) is 0 Å². The average molecular weight is 326 g/mol. The van der Waals surface area contributed by atoms with E-state index in [1.54, 1.807) is 0 Å². The zero-order valence-corrected chi connectivity index (χ0v) is 11.8. The molecule has 0 aliphatic rings. The van der Waals surface area contributed by atoms with Gasteiger partial charge in [0.05, 0.1) is 5.56 Å². The monoisotopic (exact) mass is 326 g/mol. The third kappa shape index (κ3) is 4.64. The highest BCUT2D eigenvalue weighted by molar-refractivity contribution is 5.73. The van der Waals surface area contributed by atoms with Gasteiger partial charge in [-0.1, -0.05) is 18.2 Å². The minimum atomic E-state index is -4.49. The molecule has 2 aromatic rings. The second-order valence-electron chi connectivity index (χ2n) is 4.81. The van der Waals surface area contributed by atoms with E-state index in [0.717, 1.165) is 24.3 Å². The van der Waals surface area contributed by atoms with Crippen molar-refractivity contribution in [2.24, 2.45) is 0 Å². The molecule has 0 atom stereocenters. The summed E-state index contributed by atoms with van der Waals surface area (Å²) < 4.78 is 43.4. The summed E-state index contributed by atoms with van der Waals surface area (Å²) in [5, 5.41) is 18.5. The van der Waals surface area contributed by atoms with Gasteiger partial charge in [0.15, 0.2) is 0 Å². The van der Waals surface area contributed by atoms with Gasteiger partial charge in [0, 0.05) is 24.6 Å². The lowest BCUT2D eigenvalue weighted by molar-refractivity contribution is -0.139. The van der Waals surface area contributed by atoms with Crippen LogP contribution < -0.4 is 4.74 Å². The Morgan fingerprint density at radius 1 is 1.04 bits per heavy atom. The molecule has 0 saturated carbocycles. The number of rotatable bonds is 4. The molecule has 4 nitrogen and oxygen atoms in total. The number of alkyl halides is 3. The fraction of sp³-hybridized carbons (Fsp3) is 0.188. The number of esters is 1. The van der Waals surface area contributed by atoms with E-state index in [2.05, 4.69) is 0 Å². The Labute approximate surface area is 129 Å². The molecule has 0 saturated heterocycles. The van der Waals surface area contributed by atoms with Gasteiger partial charge >= 0.3 is 12.1 Å². The molecule has 0 aliphatic carbocycles. The Morgan fingerprint density at radius 3 is 2.26 bits per heavy atom. The van der Waals surface area contributed by atoms with Crippen molar-refractivity contribution in [2.75, 3.05) is 0 Å². The maximum atomic E-state index is 12.8. The van der Waals surface area contributed by atoms with Crippen molar-refractivity contribution in [3.8, 4) is 17.2 Å². The molecule has 2 N–H and O–H groups in total. The lowest BCUT2D eigenvalue weighted by atomic mass is 10.0. The number of carbonyl (C=O) groups is 1. The van der Waals surface area contributed by atoms with Gasteiger partial charge in [0.2, 0.25) is 0 Å². The molecule has 122 valence electrons. The molecule has 0 aromatic heterocycles. The lowest BCUT2D eigenvalue weighted by Crippen LogP contribution is -2.13. The van der Waals surface area contributed by atoms with Gasteiger partial charge in [-0.05, 0) is 18.1 Å². The van der Waals surface area contributed by atoms with Crippen LogP contribution in [-0.4, -0.2) is 16.2 Å². The minimum Gasteiger partial charge on any atom is -0.508 e. The van der Waals surface area contributed by atoms with Crippen LogP contribution >= 0.6 is 0 Å². The molecule has 0 fully saturated rings. The highest BCUT2D eigenvalue weighted by atomic mass is 19.4. The Bertz CT molecular complexity index is 690. The maximum absolute atomic E-state index is 12.8. The van der Waals surface area contributed by atoms with Crippen molar-refractivity contribution < 1.29 is 32.9 Å². The summed E-state index contributed by atoms with van der Waals surface area (Å²) in [4.78, 5) is 11.7. The largest absolute Gasteiger partial charge is 0.508 e. The highest BCUT2D eigenvalue weighted by Crippen LogP contribution is 2.32. The lowest BCUT2D eigenvalue weighted by Gasteiger charge is -2.12. The predicted octanol–water partition coefficient (Wildman–Crippen LogP) is 3.65. The molecule has 23 heavy (non-hydrogen) atoms. The summed E-state index contributed by atoms with van der Waals surface area (Å²) >= 11 is 0. The van der Waals surface area contributed by atoms with Crippen LogP contribution in [0.4, 0.5) is 13.2 Å². The first-order valence-electron chi connectivity index (χ1n) is 6.64. The number of hydrogen-bond donors (Lipinski definition) is 2. The SMILES string of the molecule is O=C(CCc1ccccc1C(F)(F)F)Oc1cc(O)cc(O)c1. The topological polar surface area (TPSA) is 66.8 Å². The van der Waals surface area contributed by atoms with E-state index in [4.69, 9.17) is 4.74 Å². The van der Waals surface area contributed by atoms with Crippen LogP contribution in [0.2, 0.25) is 0 Å². The molecule has 0 spiro atoms. The summed E-state index contributed by atoms with van der Waals surface area (Å²) in [6.45, 7) is 0. The van der Waals surface area contributed by atoms with E-state index < -0.39 is 17.7 Å². The van der Waals surface area contributed by atoms with Crippen molar-refractivity contribution in [2.45, 2.75) is 19.0 Å². The molecule has 2 aromatic carbocycles. The van der Waals surface area contributed by atoms with Crippen LogP contribution in [-0.2, 0) is 17.4 Å². The molecule has 0 bridgehead atoms. The van der Waals surface area contributed by atoms with E-state index in [-0.39, 0.29) is 35.7 Å². The number of aryl methyl sites for hydroxylation is 1. The molecule has 0 heterocycles. The van der Waals surface area contributed by atoms with Crippen LogP contribution in [0.1, 0.15) is 17.5 Å². The predicted molar refractivity (Wildman–Crippen MR) is 75.2 cm³/mol. The normalized spacial score (nSPS) is 11.3. The van der Waals surface area contributed by atoms with Gasteiger partial charge < -0.3 is 14.9 Å². The van der Waals surface area contributed by atoms with Gasteiger partial charge in [-0.2, -0.15) is 13.2 Å². The second kappa shape index (κ2) is 6.60. The average Bonchev–Trinajstić information content (AvgIpc) is 2.43. The van der Waals surface area contributed by atoms with Crippen molar-refractivity contribution >= 4 is 5.97 Å². The van der Waals surface area contributed by atoms with Crippen LogP contribution in [0.15, 0.2) is 42.5 Å². The van der Waals surface area contributed by atoms with Gasteiger partial charge in [-0.3, -0.25) is 4.79 Å². The molecule has 0 radical (unpaired) electrons. The van der Waals surface area contributed by atoms with Crippen LogP contribution in [0.3, 0.4) is 0 Å². The smallest absolute Gasteiger partial charge is 0.416 e. The zero-order chi connectivity index (χ0) is 17.0. The molecule has 0 unspecified atom stereocenters. The van der Waals surface area contributed by atoms with E-state index in [0.29, 0.717) is 0 Å². The number of phenolic OH excluding ortho intramolecular Hbond substituents is 2. The maximum Gasteiger partial charge on any atom is 0.416 e. The van der Waals surface area contributed by atoms with Gasteiger partial charge in [-0.15, -0.1) is 0 Å². The number of hydrogen-bond acceptors (Lipinski definition) is 4. The first-order chi connectivity index (χ1) is 10.8. The fourth-order valence-corrected chi connectivity index (χ4v) is 2.06. The van der Waals surface area contributed by atoms with Crippen molar-refractivity contribution in [3.05, 3.63) is 53.6 Å². The van der Waals surface area contributed by atoms with E-state index in [1.165, 1.54) is 18.2 Å². The summed E-state index contributed by atoms with van der Waals surface area (Å²) in [7, 11) is 0. The molecule has 0 amide bonds. The quantitative estimate of drug-likeness (QED) is 0.665. The van der Waals surface area contributed by atoms with Gasteiger partial charge in [-0.25, -0.2) is 0 Å².